The first-order chi connectivity index (χ1) is 6.11. The Balaban J connectivity index is 2.73. The van der Waals surface area contributed by atoms with E-state index in [1.165, 1.54) is 0 Å². The first kappa shape index (κ1) is 10.4. The molecule has 1 heterocycles. The molecule has 74 valence electrons. The fourth-order valence-electron chi connectivity index (χ4n) is 1.21. The molecule has 6 heteroatoms. The molecule has 0 aromatic rings. The summed E-state index contributed by atoms with van der Waals surface area (Å²) < 4.78 is 4.81. The number of aliphatic hydroxyl groups excluding tert-OH is 4. The molecule has 0 saturated carbocycles. The zero-order valence-corrected chi connectivity index (χ0v) is 6.74. The molecular weight excluding hydrogens is 178 g/mol. The lowest BCUT2D eigenvalue weighted by Crippen LogP contribution is -2.58. The van der Waals surface area contributed by atoms with E-state index in [-0.39, 0.29) is 0 Å². The van der Waals surface area contributed by atoms with E-state index in [0.29, 0.717) is 0 Å². The summed E-state index contributed by atoms with van der Waals surface area (Å²) in [6.45, 7) is -0.511. The first-order valence-corrected chi connectivity index (χ1v) is 3.82. The van der Waals surface area contributed by atoms with Gasteiger partial charge in [0.25, 0.3) is 0 Å². The summed E-state index contributed by atoms with van der Waals surface area (Å²) >= 11 is 0. The van der Waals surface area contributed by atoms with Crippen molar-refractivity contribution < 1.29 is 25.2 Å². The maximum Gasteiger partial charge on any atom is 0.172 e. The van der Waals surface area contributed by atoms with Gasteiger partial charge in [-0.1, -0.05) is 0 Å². The summed E-state index contributed by atoms with van der Waals surface area (Å²) in [6, 6.07) is 1.61. The van der Waals surface area contributed by atoms with Crippen LogP contribution < -0.4 is 0 Å². The van der Waals surface area contributed by atoms with E-state index >= 15 is 0 Å². The largest absolute Gasteiger partial charge is 0.394 e. The third-order valence-electron chi connectivity index (χ3n) is 2.02. The molecule has 0 aromatic carbocycles. The number of rotatable bonds is 1. The molecule has 5 atom stereocenters. The molecule has 1 saturated heterocycles. The van der Waals surface area contributed by atoms with Crippen molar-refractivity contribution >= 4 is 0 Å². The molecule has 0 spiro atoms. The van der Waals surface area contributed by atoms with Gasteiger partial charge in [0.1, 0.15) is 24.4 Å². The highest BCUT2D eigenvalue weighted by Gasteiger charge is 2.43. The topological polar surface area (TPSA) is 114 Å². The Labute approximate surface area is 74.6 Å². The molecule has 0 aliphatic carbocycles. The van der Waals surface area contributed by atoms with Crippen molar-refractivity contribution in [2.24, 2.45) is 0 Å². The summed E-state index contributed by atoms with van der Waals surface area (Å²) in [7, 11) is 0. The summed E-state index contributed by atoms with van der Waals surface area (Å²) in [5.74, 6) is 0. The molecule has 3 unspecified atom stereocenters. The van der Waals surface area contributed by atoms with Gasteiger partial charge < -0.3 is 25.2 Å². The van der Waals surface area contributed by atoms with Gasteiger partial charge in [0, 0.05) is 0 Å². The fourth-order valence-corrected chi connectivity index (χ4v) is 1.21. The van der Waals surface area contributed by atoms with Gasteiger partial charge in [0.05, 0.1) is 12.7 Å². The van der Waals surface area contributed by atoms with E-state index in [2.05, 4.69) is 0 Å². The van der Waals surface area contributed by atoms with Crippen molar-refractivity contribution in [2.45, 2.75) is 30.5 Å². The summed E-state index contributed by atoms with van der Waals surface area (Å²) in [5, 5.41) is 44.8. The predicted octanol–water partition coefficient (Wildman–Crippen LogP) is -2.65. The van der Waals surface area contributed by atoms with E-state index in [0.717, 1.165) is 0 Å². The van der Waals surface area contributed by atoms with E-state index in [1.54, 1.807) is 6.07 Å². The second-order valence-electron chi connectivity index (χ2n) is 2.88. The Morgan fingerprint density at radius 1 is 1.15 bits per heavy atom. The SMILES string of the molecule is N#CC1OC(CO)C(O)[C@@H](O)[C@@H]1O. The minimum atomic E-state index is -1.46. The van der Waals surface area contributed by atoms with Gasteiger partial charge in [0.15, 0.2) is 6.10 Å². The smallest absolute Gasteiger partial charge is 0.172 e. The van der Waals surface area contributed by atoms with Gasteiger partial charge in [0.2, 0.25) is 0 Å². The van der Waals surface area contributed by atoms with E-state index in [1.807, 2.05) is 0 Å². The highest BCUT2D eigenvalue weighted by atomic mass is 16.5. The normalized spacial score (nSPS) is 45.6. The van der Waals surface area contributed by atoms with Crippen molar-refractivity contribution in [3.63, 3.8) is 0 Å². The quantitative estimate of drug-likeness (QED) is 0.358. The van der Waals surface area contributed by atoms with E-state index in [9.17, 15) is 15.3 Å². The second-order valence-corrected chi connectivity index (χ2v) is 2.88. The molecule has 6 nitrogen and oxygen atoms in total. The highest BCUT2D eigenvalue weighted by Crippen LogP contribution is 2.20. The van der Waals surface area contributed by atoms with Crippen molar-refractivity contribution in [3.8, 4) is 6.07 Å². The van der Waals surface area contributed by atoms with E-state index < -0.39 is 37.1 Å². The van der Waals surface area contributed by atoms with Crippen LogP contribution in [0.15, 0.2) is 0 Å². The van der Waals surface area contributed by atoms with Gasteiger partial charge >= 0.3 is 0 Å². The van der Waals surface area contributed by atoms with Gasteiger partial charge in [-0.25, -0.2) is 0 Å². The molecule has 13 heavy (non-hydrogen) atoms. The van der Waals surface area contributed by atoms with Gasteiger partial charge in [-0.3, -0.25) is 0 Å². The first-order valence-electron chi connectivity index (χ1n) is 3.82. The number of aliphatic hydroxyl groups is 4. The Morgan fingerprint density at radius 2 is 1.77 bits per heavy atom. The second kappa shape index (κ2) is 4.00. The Kier molecular flexibility index (Phi) is 3.19. The predicted molar refractivity (Wildman–Crippen MR) is 39.4 cm³/mol. The van der Waals surface area contributed by atoms with Crippen LogP contribution in [0.25, 0.3) is 0 Å². The number of nitrogens with zero attached hydrogens (tertiary/aromatic N) is 1. The third-order valence-corrected chi connectivity index (χ3v) is 2.02. The maximum absolute atomic E-state index is 9.22. The van der Waals surface area contributed by atoms with Crippen molar-refractivity contribution in [2.75, 3.05) is 6.61 Å². The van der Waals surface area contributed by atoms with Crippen LogP contribution in [-0.2, 0) is 4.74 Å². The molecule has 1 aliphatic rings. The van der Waals surface area contributed by atoms with Crippen LogP contribution in [-0.4, -0.2) is 57.6 Å². The van der Waals surface area contributed by atoms with Crippen LogP contribution in [0.3, 0.4) is 0 Å². The minimum Gasteiger partial charge on any atom is -0.394 e. The Hall–Kier alpha value is -0.710. The minimum absolute atomic E-state index is 0.511. The van der Waals surface area contributed by atoms with Crippen LogP contribution >= 0.6 is 0 Å². The van der Waals surface area contributed by atoms with Crippen LogP contribution in [0.2, 0.25) is 0 Å². The highest BCUT2D eigenvalue weighted by molar-refractivity contribution is 5.01. The zero-order chi connectivity index (χ0) is 10.0. The summed E-state index contributed by atoms with van der Waals surface area (Å²) in [4.78, 5) is 0. The van der Waals surface area contributed by atoms with Crippen molar-refractivity contribution in [3.05, 3.63) is 0 Å². The molecule has 4 N–H and O–H groups in total. The van der Waals surface area contributed by atoms with Crippen LogP contribution in [0.1, 0.15) is 0 Å². The van der Waals surface area contributed by atoms with Crippen molar-refractivity contribution in [1.82, 2.24) is 0 Å². The lowest BCUT2D eigenvalue weighted by atomic mass is 9.96. The monoisotopic (exact) mass is 189 g/mol. The average molecular weight is 189 g/mol. The Morgan fingerprint density at radius 3 is 2.23 bits per heavy atom. The van der Waals surface area contributed by atoms with Crippen LogP contribution in [0, 0.1) is 11.3 Å². The van der Waals surface area contributed by atoms with Gasteiger partial charge in [-0.2, -0.15) is 5.26 Å². The molecule has 0 radical (unpaired) electrons. The molecule has 1 fully saturated rings. The van der Waals surface area contributed by atoms with Gasteiger partial charge in [-0.15, -0.1) is 0 Å². The van der Waals surface area contributed by atoms with E-state index in [4.69, 9.17) is 15.1 Å². The molecule has 1 aliphatic heterocycles. The van der Waals surface area contributed by atoms with Gasteiger partial charge in [-0.05, 0) is 0 Å². The summed E-state index contributed by atoms with van der Waals surface area (Å²) in [5.41, 5.74) is 0. The summed E-state index contributed by atoms with van der Waals surface area (Å²) in [6.07, 6.45) is -6.51. The number of ether oxygens (including phenoxy) is 1. The average Bonchev–Trinajstić information content (AvgIpc) is 2.15. The number of hydrogen-bond donors (Lipinski definition) is 4. The van der Waals surface area contributed by atoms with Crippen LogP contribution in [0.5, 0.6) is 0 Å². The molecule has 0 amide bonds. The fraction of sp³-hybridized carbons (Fsp3) is 0.857. The molecular formula is C7H11NO5. The van der Waals surface area contributed by atoms with Crippen molar-refractivity contribution in [1.29, 1.82) is 5.26 Å². The maximum atomic E-state index is 9.22. The molecule has 0 bridgehead atoms. The third kappa shape index (κ3) is 1.80. The number of hydrogen-bond acceptors (Lipinski definition) is 6. The van der Waals surface area contributed by atoms with Crippen LogP contribution in [0.4, 0.5) is 0 Å². The Bertz CT molecular complexity index is 213. The standard InChI is InChI=1S/C7H11NO5/c8-1-3-5(10)7(12)6(11)4(2-9)13-3/h3-7,9-12H,2H2/t3?,4?,5-,6?,7+/m1/s1. The lowest BCUT2D eigenvalue weighted by molar-refractivity contribution is -0.214. The zero-order valence-electron chi connectivity index (χ0n) is 6.74. The number of nitriles is 1. The molecule has 1 rings (SSSR count). The molecule has 0 aromatic heterocycles. The lowest BCUT2D eigenvalue weighted by Gasteiger charge is -2.37.